The first-order valence-electron chi connectivity index (χ1n) is 42.2. The number of hydrogen-bond donors (Lipinski definition) is 0. The molecule has 6 heteroatoms. The van der Waals surface area contributed by atoms with Gasteiger partial charge in [0.2, 0.25) is 0 Å². The predicted molar refractivity (Wildman–Crippen MR) is 525 cm³/mol. The Kier molecular flexibility index (Phi) is 72.4. The molecule has 0 aliphatic rings. The Morgan fingerprint density at radius 2 is 0.446 bits per heavy atom. The van der Waals surface area contributed by atoms with E-state index in [0.717, 1.165) is 33.4 Å². The van der Waals surface area contributed by atoms with Crippen LogP contribution in [0, 0.1) is 141 Å². The van der Waals surface area contributed by atoms with Crippen LogP contribution in [0.25, 0.3) is 0 Å². The standard InChI is InChI=1S/3C14H22.6C12H20.CH4.6W/c1-13(2,3)11-7-9-12(10-8-11)14(4,5)6;1-13(2,3)11-8-7-9-12(10-11)14(4,5)6;1-13(2,3)11-9-7-8-10-12(11)14(4,5)6;2*1-10(12(5,6)7)8-9-11(2,3)4;1-9(11(3,4)5)10(2)12(6,7)8;1-11(2,3)9-7-8-10-12(4,5)6;2*1-8-10(12(5,6)7)9-11(2,3)4;;;;;;;/h3*7-10H,1-6H3;2*1,8H,2-7H3;1-2H,3-8H3;7-8H,1-6H3;2*1,8H,2-7H3;1H4;;;;;;/q;;;6*-2;;6*+2. The Labute approximate surface area is 848 Å². The van der Waals surface area contributed by atoms with Gasteiger partial charge in [-0.2, -0.15) is 0 Å². The van der Waals surface area contributed by atoms with Crippen LogP contribution in [0.15, 0.2) is 143 Å². The molecule has 3 aromatic carbocycles. The van der Waals surface area contributed by atoms with Crippen molar-refractivity contribution in [2.24, 2.45) is 65.0 Å². The Hall–Kier alpha value is -1.33. The molecule has 0 atom stereocenters. The molecule has 0 N–H and O–H groups in total. The zero-order valence-corrected chi connectivity index (χ0v) is 106. The summed E-state index contributed by atoms with van der Waals surface area (Å²) < 4.78 is 0. The van der Waals surface area contributed by atoms with Gasteiger partial charge < -0.3 is 146 Å². The van der Waals surface area contributed by atoms with Crippen molar-refractivity contribution >= 4 is 0 Å². The molecule has 0 spiro atoms. The minimum atomic E-state index is -0.0304. The van der Waals surface area contributed by atoms with Crippen molar-refractivity contribution < 1.29 is 126 Å². The summed E-state index contributed by atoms with van der Waals surface area (Å²) in [5.41, 5.74) is 16.5. The van der Waals surface area contributed by atoms with Crippen LogP contribution in [0.2, 0.25) is 0 Å². The topological polar surface area (TPSA) is 0 Å². The second-order valence-corrected chi connectivity index (χ2v) is 49.6. The van der Waals surface area contributed by atoms with Crippen LogP contribution in [0.1, 0.15) is 415 Å². The fraction of sp³-hybridized carbons (Fsp3) is 0.635. The summed E-state index contributed by atoms with van der Waals surface area (Å²) in [5.74, 6) is 0. The minimum Gasteiger partial charge on any atom is -0.394 e. The largest absolute Gasteiger partial charge is 2.00 e. The molecule has 0 saturated carbocycles. The number of benzene rings is 3. The van der Waals surface area contributed by atoms with Crippen molar-refractivity contribution in [1.82, 2.24) is 0 Å². The normalized spacial score (nSPS) is 12.9. The fourth-order valence-electron chi connectivity index (χ4n) is 8.89. The van der Waals surface area contributed by atoms with Gasteiger partial charge in [-0.05, 0) is 65.9 Å². The van der Waals surface area contributed by atoms with Gasteiger partial charge in [0.1, 0.15) is 0 Å². The molecule has 0 saturated heterocycles. The average Bonchev–Trinajstić information content (AvgIpc) is 0.805. The van der Waals surface area contributed by atoms with Crippen molar-refractivity contribution in [3.8, 4) is 0 Å². The molecule has 0 amide bonds. The van der Waals surface area contributed by atoms with E-state index in [1.54, 1.807) is 12.2 Å². The van der Waals surface area contributed by atoms with Gasteiger partial charge in [-0.3, -0.25) is 0 Å². The molecule has 0 bridgehead atoms. The van der Waals surface area contributed by atoms with Crippen LogP contribution >= 0.6 is 0 Å². The van der Waals surface area contributed by atoms with Gasteiger partial charge in [0.15, 0.2) is 0 Å². The summed E-state index contributed by atoms with van der Waals surface area (Å²) in [7, 11) is 0. The molecule has 0 fully saturated rings. The fourth-order valence-corrected chi connectivity index (χ4v) is 8.89. The first kappa shape index (κ1) is 148. The SMILES string of the molecule is C.CC(C)(C)[C-]=CC=[C-]C(C)(C)C.CC(C)(C)c1ccc(C(C)(C)C)cc1.CC(C)(C)c1cccc(C(C)(C)C)c1.CC(C)(C)c1ccccc1C(C)(C)C.[CH-]=C(C(=[CH-])C(C)(C)C)C(C)(C)C.[CH-]=C(C=[C-]C(C)(C)C)C(C)(C)C.[CH-]=C(C=[C-]C(C)(C)C)C(C)(C)C.[CH-]=CC(=[C-]C(C)(C)C)C(C)(C)C.[CH-]=CC(=[C-]C(C)(C)C)C(C)(C)C.[W+2].[W+2].[W+2].[W+2].[W+2].[W+2]. The van der Waals surface area contributed by atoms with Gasteiger partial charge in [0.25, 0.3) is 0 Å². The van der Waals surface area contributed by atoms with Crippen molar-refractivity contribution in [1.29, 1.82) is 0 Å². The maximum absolute atomic E-state index is 5.94. The van der Waals surface area contributed by atoms with E-state index in [1.165, 1.54) is 33.4 Å². The van der Waals surface area contributed by atoms with Gasteiger partial charge in [-0.15, -0.1) is 65.0 Å². The van der Waals surface area contributed by atoms with E-state index in [2.05, 4.69) is 483 Å². The molecule has 3 rings (SSSR count). The van der Waals surface area contributed by atoms with Gasteiger partial charge >= 0.3 is 126 Å². The van der Waals surface area contributed by atoms with Crippen LogP contribution in [-0.4, -0.2) is 0 Å². The van der Waals surface area contributed by atoms with Gasteiger partial charge in [0.05, 0.1) is 0 Å². The summed E-state index contributed by atoms with van der Waals surface area (Å²) in [6, 6.07) is 26.7. The number of allylic oxidation sites excluding steroid dienone is 18. The van der Waals surface area contributed by atoms with E-state index >= 15 is 0 Å². The van der Waals surface area contributed by atoms with E-state index in [-0.39, 0.29) is 231 Å². The van der Waals surface area contributed by atoms with E-state index < -0.39 is 0 Å². The second kappa shape index (κ2) is 59.2. The van der Waals surface area contributed by atoms with Crippen molar-refractivity contribution in [3.63, 3.8) is 0 Å². The van der Waals surface area contributed by atoms with Gasteiger partial charge in [-0.25, -0.2) is 0 Å². The molecular weight excluding hydrogens is 2480 g/mol. The molecule has 3 aromatic rings. The summed E-state index contributed by atoms with van der Waals surface area (Å²) in [6.45, 7) is 151. The summed E-state index contributed by atoms with van der Waals surface area (Å²) in [4.78, 5) is 0. The molecule has 686 valence electrons. The average molecular weight is 2680 g/mol. The second-order valence-electron chi connectivity index (χ2n) is 49.6. The van der Waals surface area contributed by atoms with Crippen molar-refractivity contribution in [2.75, 3.05) is 0 Å². The number of rotatable bonds is 6. The molecule has 0 heterocycles. The maximum Gasteiger partial charge on any atom is 2.00 e. The van der Waals surface area contributed by atoms with Crippen LogP contribution in [0.4, 0.5) is 0 Å². The molecule has 0 radical (unpaired) electrons. The van der Waals surface area contributed by atoms with Gasteiger partial charge in [0, 0.05) is 0 Å². The smallest absolute Gasteiger partial charge is 0.394 e. The quantitative estimate of drug-likeness (QED) is 0.170. The van der Waals surface area contributed by atoms with Crippen LogP contribution in [0.3, 0.4) is 0 Å². The third kappa shape index (κ3) is 81.6. The van der Waals surface area contributed by atoms with E-state index in [0.29, 0.717) is 0 Å². The molecule has 121 heavy (non-hydrogen) atoms. The third-order valence-corrected chi connectivity index (χ3v) is 16.8. The first-order chi connectivity index (χ1) is 49.5. The summed E-state index contributed by atoms with van der Waals surface area (Å²) in [5, 5.41) is 0. The van der Waals surface area contributed by atoms with E-state index in [9.17, 15) is 0 Å². The molecule has 0 aliphatic heterocycles. The Balaban J connectivity index is -0.0000000980. The Morgan fingerprint density at radius 3 is 0.579 bits per heavy atom. The van der Waals surface area contributed by atoms with Gasteiger partial charge in [-0.1, -0.05) is 454 Å². The summed E-state index contributed by atoms with van der Waals surface area (Å²) >= 11 is 0. The Morgan fingerprint density at radius 1 is 0.240 bits per heavy atom. The summed E-state index contributed by atoms with van der Waals surface area (Å²) in [6.07, 6.45) is 30.8. The molecule has 0 unspecified atom stereocenters. The van der Waals surface area contributed by atoms with Crippen LogP contribution < -0.4 is 0 Å². The minimum absolute atomic E-state index is 0. The maximum atomic E-state index is 5.94. The first-order valence-corrected chi connectivity index (χ1v) is 42.2. The predicted octanol–water partition coefficient (Wildman–Crippen LogP) is 36.3. The zero-order chi connectivity index (χ0) is 92.9. The van der Waals surface area contributed by atoms with Crippen molar-refractivity contribution in [3.05, 3.63) is 252 Å². The van der Waals surface area contributed by atoms with E-state index in [4.69, 9.17) is 39.5 Å². The molecular formula is C115H190W6. The number of hydrogen-bond acceptors (Lipinski definition) is 0. The monoisotopic (exact) mass is 2680 g/mol. The third-order valence-electron chi connectivity index (χ3n) is 16.8. The van der Waals surface area contributed by atoms with Crippen LogP contribution in [-0.2, 0) is 159 Å². The molecule has 0 aromatic heterocycles. The van der Waals surface area contributed by atoms with Crippen LogP contribution in [0.5, 0.6) is 0 Å². The molecule has 0 aliphatic carbocycles. The Bertz CT molecular complexity index is 3300. The van der Waals surface area contributed by atoms with E-state index in [1.807, 2.05) is 24.3 Å². The molecule has 0 nitrogen and oxygen atoms in total. The van der Waals surface area contributed by atoms with Crippen molar-refractivity contribution in [2.45, 2.75) is 414 Å². The zero-order valence-electron chi connectivity index (χ0n) is 88.3.